The second-order valence-corrected chi connectivity index (χ2v) is 11.1. The Morgan fingerprint density at radius 1 is 1.21 bits per heavy atom. The van der Waals surface area contributed by atoms with E-state index in [2.05, 4.69) is 43.8 Å². The molecule has 0 bridgehead atoms. The Labute approximate surface area is 228 Å². The first kappa shape index (κ1) is 28.2. The lowest BCUT2D eigenvalue weighted by Crippen LogP contribution is -2.53. The Kier molecular flexibility index (Phi) is 9.19. The lowest BCUT2D eigenvalue weighted by Gasteiger charge is -2.37. The molecule has 1 atom stereocenters. The van der Waals surface area contributed by atoms with E-state index in [1.165, 1.54) is 10.4 Å². The zero-order valence-electron chi connectivity index (χ0n) is 22.9. The van der Waals surface area contributed by atoms with Gasteiger partial charge in [-0.2, -0.15) is 4.98 Å². The maximum atomic E-state index is 11.0. The molecule has 1 aliphatic heterocycles. The van der Waals surface area contributed by atoms with E-state index in [1.54, 1.807) is 11.3 Å². The highest BCUT2D eigenvalue weighted by Crippen LogP contribution is 2.34. The average Bonchev–Trinajstić information content (AvgIpc) is 3.50. The van der Waals surface area contributed by atoms with Gasteiger partial charge in [0.05, 0.1) is 10.8 Å². The number of aliphatic hydroxyl groups is 1. The zero-order valence-corrected chi connectivity index (χ0v) is 23.7. The van der Waals surface area contributed by atoms with Gasteiger partial charge in [-0.1, -0.05) is 25.9 Å². The molecule has 0 spiro atoms. The fraction of sp³-hybridized carbons (Fsp3) is 0.536. The molecule has 38 heavy (non-hydrogen) atoms. The Hall–Kier alpha value is -2.79. The molecule has 2 aromatic heterocycles. The van der Waals surface area contributed by atoms with Gasteiger partial charge >= 0.3 is 5.97 Å². The summed E-state index contributed by atoms with van der Waals surface area (Å²) < 4.78 is 11.7. The lowest BCUT2D eigenvalue weighted by atomic mass is 10.0. The third-order valence-corrected chi connectivity index (χ3v) is 8.31. The molecule has 0 amide bonds. The van der Waals surface area contributed by atoms with Crippen LogP contribution < -0.4 is 4.74 Å². The topological polar surface area (TPSA) is 112 Å². The Morgan fingerprint density at radius 2 is 1.95 bits per heavy atom. The van der Waals surface area contributed by atoms with E-state index in [0.29, 0.717) is 31.3 Å². The molecule has 1 aromatic carbocycles. The fourth-order valence-electron chi connectivity index (χ4n) is 4.72. The summed E-state index contributed by atoms with van der Waals surface area (Å²) in [5.41, 5.74) is 4.03. The minimum atomic E-state index is -0.783. The van der Waals surface area contributed by atoms with Gasteiger partial charge in [-0.15, -0.1) is 11.3 Å². The number of aliphatic carboxylic acids is 1. The number of thiophene rings is 1. The number of β-amino-alcohol motifs (C(OH)–C–C–N with tert-alkyl or cyclic N) is 1. The Morgan fingerprint density at radius 3 is 2.61 bits per heavy atom. The molecule has 1 aliphatic rings. The van der Waals surface area contributed by atoms with Crippen LogP contribution in [-0.4, -0.2) is 81.6 Å². The number of aryl methyl sites for hydroxylation is 3. The highest BCUT2D eigenvalue weighted by Gasteiger charge is 2.33. The van der Waals surface area contributed by atoms with Crippen LogP contribution in [0.1, 0.15) is 42.3 Å². The normalized spacial score (nSPS) is 15.1. The van der Waals surface area contributed by atoms with E-state index in [9.17, 15) is 9.90 Å². The third-order valence-electron chi connectivity index (χ3n) is 7.11. The van der Waals surface area contributed by atoms with Crippen molar-refractivity contribution in [2.45, 2.75) is 53.7 Å². The predicted molar refractivity (Wildman–Crippen MR) is 148 cm³/mol. The summed E-state index contributed by atoms with van der Waals surface area (Å²) in [6.45, 7) is 14.9. The van der Waals surface area contributed by atoms with Crippen molar-refractivity contribution in [2.75, 3.05) is 39.3 Å². The number of aromatic nitrogens is 2. The van der Waals surface area contributed by atoms with Crippen LogP contribution in [0.3, 0.4) is 0 Å². The molecular formula is C28H38N4O5S. The minimum Gasteiger partial charge on any atom is -0.490 e. The van der Waals surface area contributed by atoms with E-state index in [0.717, 1.165) is 53.4 Å². The van der Waals surface area contributed by atoms with Crippen molar-refractivity contribution >= 4 is 17.3 Å². The highest BCUT2D eigenvalue weighted by atomic mass is 32.1. The van der Waals surface area contributed by atoms with E-state index >= 15 is 0 Å². The number of rotatable bonds is 13. The number of nitrogens with zero attached hydrogens (tertiary/aromatic N) is 4. The van der Waals surface area contributed by atoms with Crippen molar-refractivity contribution in [3.8, 4) is 27.9 Å². The first-order valence-electron chi connectivity index (χ1n) is 13.3. The standard InChI is InChI=1S/C28H38N4O5S/c1-6-19-11-20(9-18(5)25(19)36-16-22(33)14-32-12-21(13-32)28(34)35)26-29-27(37-30-26)23-10-17(4)24(38-23)15-31(7-2)8-3/h9-11,21-22,33H,6-8,12-16H2,1-5H3,(H,34,35). The molecule has 1 saturated heterocycles. The minimum absolute atomic E-state index is 0.140. The SMILES string of the molecule is CCc1cc(-c2noc(-c3cc(C)c(CN(CC)CC)s3)n2)cc(C)c1OCC(O)CN1CC(C(=O)O)C1. The third kappa shape index (κ3) is 6.43. The number of hydrogen-bond acceptors (Lipinski definition) is 9. The molecule has 3 heterocycles. The number of ether oxygens (including phenoxy) is 1. The number of carboxylic acid groups (broad SMARTS) is 1. The smallest absolute Gasteiger partial charge is 0.309 e. The van der Waals surface area contributed by atoms with Gasteiger partial charge < -0.3 is 19.5 Å². The summed E-state index contributed by atoms with van der Waals surface area (Å²) >= 11 is 1.70. The van der Waals surface area contributed by atoms with Crippen molar-refractivity contribution in [2.24, 2.45) is 5.92 Å². The summed E-state index contributed by atoms with van der Waals surface area (Å²) in [5, 5.41) is 23.7. The quantitative estimate of drug-likeness (QED) is 0.327. The molecule has 9 nitrogen and oxygen atoms in total. The molecular weight excluding hydrogens is 504 g/mol. The van der Waals surface area contributed by atoms with Crippen LogP contribution in [0.25, 0.3) is 22.2 Å². The van der Waals surface area contributed by atoms with Gasteiger partial charge in [0.25, 0.3) is 5.89 Å². The fourth-order valence-corrected chi connectivity index (χ4v) is 5.86. The van der Waals surface area contributed by atoms with Crippen LogP contribution in [-0.2, 0) is 17.8 Å². The number of benzene rings is 1. The molecule has 0 saturated carbocycles. The van der Waals surface area contributed by atoms with Crippen molar-refractivity contribution in [1.82, 2.24) is 19.9 Å². The largest absolute Gasteiger partial charge is 0.490 e. The molecule has 206 valence electrons. The number of likely N-dealkylation sites (tertiary alicyclic amines) is 1. The van der Waals surface area contributed by atoms with Crippen LogP contribution in [0.5, 0.6) is 5.75 Å². The van der Waals surface area contributed by atoms with Gasteiger partial charge in [-0.05, 0) is 68.2 Å². The summed E-state index contributed by atoms with van der Waals surface area (Å²) in [6.07, 6.45) is 0.0463. The van der Waals surface area contributed by atoms with Gasteiger partial charge in [0, 0.05) is 36.6 Å². The van der Waals surface area contributed by atoms with E-state index < -0.39 is 12.1 Å². The molecule has 4 rings (SSSR count). The van der Waals surface area contributed by atoms with Gasteiger partial charge in [0.1, 0.15) is 18.5 Å². The lowest BCUT2D eigenvalue weighted by molar-refractivity contribution is -0.148. The van der Waals surface area contributed by atoms with Crippen molar-refractivity contribution < 1.29 is 24.3 Å². The van der Waals surface area contributed by atoms with Crippen molar-refractivity contribution in [1.29, 1.82) is 0 Å². The molecule has 1 unspecified atom stereocenters. The summed E-state index contributed by atoms with van der Waals surface area (Å²) in [5.74, 6) is 0.685. The van der Waals surface area contributed by atoms with Crippen LogP contribution in [0.2, 0.25) is 0 Å². The van der Waals surface area contributed by atoms with Gasteiger partial charge in [-0.3, -0.25) is 14.6 Å². The second kappa shape index (κ2) is 12.4. The van der Waals surface area contributed by atoms with Crippen molar-refractivity contribution in [3.05, 3.63) is 39.8 Å². The predicted octanol–water partition coefficient (Wildman–Crippen LogP) is 4.24. The van der Waals surface area contributed by atoms with Gasteiger partial charge in [0.15, 0.2) is 0 Å². The number of carboxylic acids is 1. The van der Waals surface area contributed by atoms with Crippen LogP contribution in [0, 0.1) is 19.8 Å². The molecule has 2 N–H and O–H groups in total. The number of aliphatic hydroxyl groups excluding tert-OH is 1. The first-order chi connectivity index (χ1) is 18.2. The first-order valence-corrected chi connectivity index (χ1v) is 14.1. The second-order valence-electron chi connectivity index (χ2n) is 9.95. The summed E-state index contributed by atoms with van der Waals surface area (Å²) in [6, 6.07) is 6.11. The maximum Gasteiger partial charge on any atom is 0.309 e. The van der Waals surface area contributed by atoms with E-state index in [4.69, 9.17) is 19.4 Å². The molecule has 3 aromatic rings. The molecule has 1 fully saturated rings. The van der Waals surface area contributed by atoms with E-state index in [-0.39, 0.29) is 12.5 Å². The average molecular weight is 543 g/mol. The Balaban J connectivity index is 1.43. The molecule has 0 aliphatic carbocycles. The van der Waals surface area contributed by atoms with Gasteiger partial charge in [-0.25, -0.2) is 0 Å². The molecule has 10 heteroatoms. The zero-order chi connectivity index (χ0) is 27.4. The van der Waals surface area contributed by atoms with Crippen molar-refractivity contribution in [3.63, 3.8) is 0 Å². The summed E-state index contributed by atoms with van der Waals surface area (Å²) in [4.78, 5) is 22.3. The van der Waals surface area contributed by atoms with Crippen LogP contribution in [0.4, 0.5) is 0 Å². The number of hydrogen-bond donors (Lipinski definition) is 2. The van der Waals surface area contributed by atoms with Crippen LogP contribution in [0.15, 0.2) is 22.7 Å². The van der Waals surface area contributed by atoms with Gasteiger partial charge in [0.2, 0.25) is 5.82 Å². The highest BCUT2D eigenvalue weighted by molar-refractivity contribution is 7.15. The summed E-state index contributed by atoms with van der Waals surface area (Å²) in [7, 11) is 0. The molecule has 0 radical (unpaired) electrons. The van der Waals surface area contributed by atoms with Crippen LogP contribution >= 0.6 is 11.3 Å². The monoisotopic (exact) mass is 542 g/mol. The Bertz CT molecular complexity index is 1250. The van der Waals surface area contributed by atoms with E-state index in [1.807, 2.05) is 24.0 Å². The number of carbonyl (C=O) groups is 1. The maximum absolute atomic E-state index is 11.0.